The summed E-state index contributed by atoms with van der Waals surface area (Å²) in [6.45, 7) is 0. The number of nitrogens with zero attached hydrogens (tertiary/aromatic N) is 1. The minimum atomic E-state index is -1.08. The van der Waals surface area contributed by atoms with Crippen LogP contribution in [0, 0.1) is 0 Å². The monoisotopic (exact) mass is 433 g/mol. The van der Waals surface area contributed by atoms with Crippen molar-refractivity contribution in [3.63, 3.8) is 0 Å². The molecule has 0 atom stereocenters. The summed E-state index contributed by atoms with van der Waals surface area (Å²) >= 11 is 3.33. The lowest BCUT2D eigenvalue weighted by atomic mass is 10.0. The summed E-state index contributed by atoms with van der Waals surface area (Å²) in [5.74, 6) is -0.298. The number of nitrogens with one attached hydrogen (secondary N) is 2. The maximum absolute atomic E-state index is 12.3. The van der Waals surface area contributed by atoms with Crippen molar-refractivity contribution in [3.8, 4) is 11.3 Å². The Balaban J connectivity index is 1.54. The predicted octanol–water partition coefficient (Wildman–Crippen LogP) is 5.12. The zero-order valence-corrected chi connectivity index (χ0v) is 17.1. The average Bonchev–Trinajstić information content (AvgIpc) is 3.41. The second-order valence-electron chi connectivity index (χ2n) is 6.70. The second kappa shape index (κ2) is 7.47. The minimum absolute atomic E-state index is 0.0801. The highest BCUT2D eigenvalue weighted by Gasteiger charge is 2.17. The van der Waals surface area contributed by atoms with Crippen LogP contribution in [0.4, 0.5) is 0 Å². The zero-order chi connectivity index (χ0) is 20.7. The molecule has 30 heavy (non-hydrogen) atoms. The molecule has 2 aromatic carbocycles. The van der Waals surface area contributed by atoms with Gasteiger partial charge in [-0.25, -0.2) is 9.78 Å². The molecule has 0 aliphatic rings. The fourth-order valence-electron chi connectivity index (χ4n) is 3.43. The Labute approximate surface area is 178 Å². The lowest BCUT2D eigenvalue weighted by molar-refractivity contribution is 0.0699. The third kappa shape index (κ3) is 3.30. The van der Waals surface area contributed by atoms with Crippen LogP contribution < -0.4 is 5.56 Å². The first-order valence-electron chi connectivity index (χ1n) is 9.13. The average molecular weight is 434 g/mol. The van der Waals surface area contributed by atoms with Crippen molar-refractivity contribution in [3.05, 3.63) is 81.0 Å². The van der Waals surface area contributed by atoms with Crippen LogP contribution >= 0.6 is 23.1 Å². The largest absolute Gasteiger partial charge is 0.478 e. The van der Waals surface area contributed by atoms with Gasteiger partial charge in [0.15, 0.2) is 0 Å². The van der Waals surface area contributed by atoms with Gasteiger partial charge < -0.3 is 15.1 Å². The van der Waals surface area contributed by atoms with Crippen LogP contribution in [0.5, 0.6) is 0 Å². The summed E-state index contributed by atoms with van der Waals surface area (Å²) in [5, 5.41) is 13.6. The van der Waals surface area contributed by atoms with Crippen molar-refractivity contribution in [1.82, 2.24) is 15.0 Å². The second-order valence-corrected chi connectivity index (χ2v) is 8.69. The normalized spacial score (nSPS) is 11.3. The molecule has 3 aromatic heterocycles. The molecule has 0 bridgehead atoms. The molecule has 0 radical (unpaired) electrons. The summed E-state index contributed by atoms with van der Waals surface area (Å²) in [7, 11) is 0. The molecule has 8 heteroatoms. The van der Waals surface area contributed by atoms with Gasteiger partial charge in [-0.05, 0) is 24.3 Å². The number of benzene rings is 2. The van der Waals surface area contributed by atoms with Crippen molar-refractivity contribution >= 4 is 50.9 Å². The number of aromatic nitrogens is 3. The standard InChI is InChI=1S/C22H15N3O3S2/c26-21-20-19(15(9-23-20)22(27)28)14-8-12(6-7-16(14)25-21)17-10-30-18(24-17)11-29-13-4-2-1-3-5-13/h1-10,23H,11H2,(H,25,26)(H,27,28). The van der Waals surface area contributed by atoms with E-state index in [1.807, 2.05) is 35.7 Å². The summed E-state index contributed by atoms with van der Waals surface area (Å²) in [6.07, 6.45) is 1.36. The molecule has 0 saturated heterocycles. The lowest BCUT2D eigenvalue weighted by Crippen LogP contribution is -2.07. The van der Waals surface area contributed by atoms with Gasteiger partial charge in [-0.2, -0.15) is 0 Å². The Hall–Kier alpha value is -3.36. The maximum atomic E-state index is 12.3. The summed E-state index contributed by atoms with van der Waals surface area (Å²) in [5.41, 5.74) is 2.30. The van der Waals surface area contributed by atoms with Crippen LogP contribution in [0.1, 0.15) is 15.4 Å². The number of thioether (sulfide) groups is 1. The highest BCUT2D eigenvalue weighted by Crippen LogP contribution is 2.31. The van der Waals surface area contributed by atoms with Crippen molar-refractivity contribution < 1.29 is 9.90 Å². The number of thiazole rings is 1. The van der Waals surface area contributed by atoms with Crippen LogP contribution in [0.15, 0.2) is 69.8 Å². The lowest BCUT2D eigenvalue weighted by Gasteiger charge is -2.04. The first-order chi connectivity index (χ1) is 14.6. The summed E-state index contributed by atoms with van der Waals surface area (Å²) in [6, 6.07) is 15.7. The molecular formula is C22H15N3O3S2. The predicted molar refractivity (Wildman–Crippen MR) is 120 cm³/mol. The molecule has 5 aromatic rings. The van der Waals surface area contributed by atoms with E-state index >= 15 is 0 Å². The number of hydrogen-bond donors (Lipinski definition) is 3. The molecule has 0 fully saturated rings. The van der Waals surface area contributed by atoms with Crippen LogP contribution in [0.2, 0.25) is 0 Å². The van der Waals surface area contributed by atoms with Crippen LogP contribution in [-0.4, -0.2) is 26.0 Å². The molecule has 3 heterocycles. The van der Waals surface area contributed by atoms with Gasteiger partial charge in [-0.1, -0.05) is 24.3 Å². The number of carbonyl (C=O) groups is 1. The first kappa shape index (κ1) is 18.7. The number of hydrogen-bond acceptors (Lipinski definition) is 5. The molecular weight excluding hydrogens is 418 g/mol. The first-order valence-corrected chi connectivity index (χ1v) is 11.0. The number of aromatic carboxylic acids is 1. The van der Waals surface area contributed by atoms with E-state index in [-0.39, 0.29) is 16.6 Å². The Bertz CT molecular complexity index is 1450. The van der Waals surface area contributed by atoms with Crippen molar-refractivity contribution in [2.45, 2.75) is 10.6 Å². The number of aromatic amines is 2. The number of fused-ring (bicyclic) bond motifs is 3. The molecule has 0 aliphatic heterocycles. The number of carboxylic acids is 1. The molecule has 0 spiro atoms. The quantitative estimate of drug-likeness (QED) is 0.334. The molecule has 0 aliphatic carbocycles. The third-order valence-corrected chi connectivity index (χ3v) is 6.88. The van der Waals surface area contributed by atoms with E-state index < -0.39 is 5.97 Å². The molecule has 6 nitrogen and oxygen atoms in total. The zero-order valence-electron chi connectivity index (χ0n) is 15.5. The van der Waals surface area contributed by atoms with Gasteiger partial charge in [-0.3, -0.25) is 4.79 Å². The van der Waals surface area contributed by atoms with Crippen molar-refractivity contribution in [2.75, 3.05) is 0 Å². The third-order valence-electron chi connectivity index (χ3n) is 4.83. The Morgan fingerprint density at radius 3 is 2.80 bits per heavy atom. The van der Waals surface area contributed by atoms with E-state index in [9.17, 15) is 14.7 Å². The van der Waals surface area contributed by atoms with Gasteiger partial charge in [0.25, 0.3) is 5.56 Å². The summed E-state index contributed by atoms with van der Waals surface area (Å²) in [4.78, 5) is 35.4. The molecule has 3 N–H and O–H groups in total. The number of pyridine rings is 1. The highest BCUT2D eigenvalue weighted by atomic mass is 32.2. The maximum Gasteiger partial charge on any atom is 0.337 e. The molecule has 0 amide bonds. The van der Waals surface area contributed by atoms with E-state index in [0.717, 1.165) is 22.0 Å². The number of rotatable bonds is 5. The molecule has 0 unspecified atom stereocenters. The van der Waals surface area contributed by atoms with E-state index in [4.69, 9.17) is 4.98 Å². The van der Waals surface area contributed by atoms with Crippen LogP contribution in [0.25, 0.3) is 33.1 Å². The van der Waals surface area contributed by atoms with Gasteiger partial charge in [0.2, 0.25) is 0 Å². The van der Waals surface area contributed by atoms with E-state index in [1.54, 1.807) is 29.2 Å². The Morgan fingerprint density at radius 2 is 2.00 bits per heavy atom. The topological polar surface area (TPSA) is 98.8 Å². The van der Waals surface area contributed by atoms with Gasteiger partial charge in [0.1, 0.15) is 10.5 Å². The van der Waals surface area contributed by atoms with Gasteiger partial charge in [0.05, 0.1) is 17.0 Å². The smallest absolute Gasteiger partial charge is 0.337 e. The van der Waals surface area contributed by atoms with Crippen LogP contribution in [0.3, 0.4) is 0 Å². The van der Waals surface area contributed by atoms with E-state index in [2.05, 4.69) is 22.1 Å². The van der Waals surface area contributed by atoms with E-state index in [1.165, 1.54) is 11.1 Å². The fraction of sp³-hybridized carbons (Fsp3) is 0.0455. The molecule has 5 rings (SSSR count). The Kier molecular flexibility index (Phi) is 4.65. The van der Waals surface area contributed by atoms with Crippen molar-refractivity contribution in [2.24, 2.45) is 0 Å². The summed E-state index contributed by atoms with van der Waals surface area (Å²) < 4.78 is 0. The SMILES string of the molecule is O=C(O)c1c[nH]c2c(=O)[nH]c3ccc(-c4csc(CSc5ccccc5)n4)cc3c12. The van der Waals surface area contributed by atoms with Crippen molar-refractivity contribution in [1.29, 1.82) is 0 Å². The number of H-pyrrole nitrogens is 2. The van der Waals surface area contributed by atoms with Crippen LogP contribution in [-0.2, 0) is 5.75 Å². The Morgan fingerprint density at radius 1 is 1.17 bits per heavy atom. The number of carboxylic acid groups (broad SMARTS) is 1. The minimum Gasteiger partial charge on any atom is -0.478 e. The highest BCUT2D eigenvalue weighted by molar-refractivity contribution is 7.98. The van der Waals surface area contributed by atoms with E-state index in [0.29, 0.717) is 16.3 Å². The fourth-order valence-corrected chi connectivity index (χ4v) is 5.17. The molecule has 0 saturated carbocycles. The van der Waals surface area contributed by atoms with Gasteiger partial charge in [0, 0.05) is 38.3 Å². The van der Waals surface area contributed by atoms with Gasteiger partial charge in [-0.15, -0.1) is 23.1 Å². The van der Waals surface area contributed by atoms with Gasteiger partial charge >= 0.3 is 5.97 Å². The molecule has 148 valence electrons.